The first-order chi connectivity index (χ1) is 10.9. The normalized spacial score (nSPS) is 12.0. The summed E-state index contributed by atoms with van der Waals surface area (Å²) in [7, 11) is 0. The summed E-state index contributed by atoms with van der Waals surface area (Å²) in [4.78, 5) is 1.55. The molecule has 1 aromatic heterocycles. The Morgan fingerprint density at radius 1 is 1.04 bits per heavy atom. The number of nitrogens with zero attached hydrogens (tertiary/aromatic N) is 3. The molecule has 120 valence electrons. The van der Waals surface area contributed by atoms with E-state index < -0.39 is 0 Å². The number of aryl methyl sites for hydroxylation is 1. The van der Waals surface area contributed by atoms with Crippen molar-refractivity contribution in [2.24, 2.45) is 0 Å². The molecule has 3 aromatic rings. The van der Waals surface area contributed by atoms with E-state index in [9.17, 15) is 5.11 Å². The predicted molar refractivity (Wildman–Crippen MR) is 93.2 cm³/mol. The SMILES string of the molecule is CCCc1cc(C(C)(C)C)cc(-n2nc3ccccc3n2)c1O. The molecule has 4 heteroatoms. The molecule has 0 saturated heterocycles. The summed E-state index contributed by atoms with van der Waals surface area (Å²) in [5.74, 6) is 0.278. The Hall–Kier alpha value is -2.36. The van der Waals surface area contributed by atoms with Crippen molar-refractivity contribution in [3.05, 3.63) is 47.5 Å². The zero-order valence-electron chi connectivity index (χ0n) is 14.2. The zero-order chi connectivity index (χ0) is 16.6. The molecule has 0 aliphatic carbocycles. The first kappa shape index (κ1) is 15.5. The fourth-order valence-corrected chi connectivity index (χ4v) is 2.69. The van der Waals surface area contributed by atoms with Gasteiger partial charge in [0.15, 0.2) is 0 Å². The quantitative estimate of drug-likeness (QED) is 0.781. The van der Waals surface area contributed by atoms with Gasteiger partial charge in [-0.25, -0.2) is 0 Å². The number of rotatable bonds is 3. The largest absolute Gasteiger partial charge is 0.505 e. The van der Waals surface area contributed by atoms with E-state index >= 15 is 0 Å². The van der Waals surface area contributed by atoms with Crippen LogP contribution in [-0.2, 0) is 11.8 Å². The van der Waals surface area contributed by atoms with Crippen LogP contribution in [0.5, 0.6) is 5.75 Å². The lowest BCUT2D eigenvalue weighted by Crippen LogP contribution is -2.13. The molecule has 0 fully saturated rings. The Balaban J connectivity index is 2.22. The fourth-order valence-electron chi connectivity index (χ4n) is 2.69. The molecular weight excluding hydrogens is 286 g/mol. The standard InChI is InChI=1S/C19H23N3O/c1-5-8-13-11-14(19(2,3)4)12-17(18(13)23)22-20-15-9-6-7-10-16(15)21-22/h6-7,9-12,23H,5,8H2,1-4H3. The first-order valence-electron chi connectivity index (χ1n) is 8.09. The van der Waals surface area contributed by atoms with Gasteiger partial charge in [-0.2, -0.15) is 0 Å². The van der Waals surface area contributed by atoms with E-state index in [-0.39, 0.29) is 11.2 Å². The molecule has 0 aliphatic rings. The summed E-state index contributed by atoms with van der Waals surface area (Å²) in [6.07, 6.45) is 1.82. The number of phenolic OH excluding ortho intramolecular Hbond substituents is 1. The molecule has 1 N–H and O–H groups in total. The highest BCUT2D eigenvalue weighted by atomic mass is 16.3. The average Bonchev–Trinajstić information content (AvgIpc) is 2.92. The summed E-state index contributed by atoms with van der Waals surface area (Å²) in [6, 6.07) is 11.8. The topological polar surface area (TPSA) is 50.9 Å². The van der Waals surface area contributed by atoms with Gasteiger partial charge in [0.2, 0.25) is 0 Å². The van der Waals surface area contributed by atoms with Crippen molar-refractivity contribution in [2.45, 2.75) is 46.0 Å². The molecule has 0 aliphatic heterocycles. The van der Waals surface area contributed by atoms with Crippen LogP contribution >= 0.6 is 0 Å². The number of aromatic hydroxyl groups is 1. The number of phenols is 1. The van der Waals surface area contributed by atoms with E-state index in [4.69, 9.17) is 0 Å². The second kappa shape index (κ2) is 5.69. The van der Waals surface area contributed by atoms with Crippen molar-refractivity contribution < 1.29 is 5.11 Å². The van der Waals surface area contributed by atoms with Crippen molar-refractivity contribution in [1.82, 2.24) is 15.0 Å². The molecule has 0 bridgehead atoms. The number of aromatic nitrogens is 3. The highest BCUT2D eigenvalue weighted by Crippen LogP contribution is 2.33. The third kappa shape index (κ3) is 2.93. The van der Waals surface area contributed by atoms with Gasteiger partial charge in [0.05, 0.1) is 0 Å². The maximum Gasteiger partial charge on any atom is 0.146 e. The second-order valence-electron chi connectivity index (χ2n) is 6.98. The highest BCUT2D eigenvalue weighted by molar-refractivity contribution is 5.73. The molecular formula is C19H23N3O. The predicted octanol–water partition coefficient (Wildman–Crippen LogP) is 4.38. The molecule has 0 amide bonds. The Morgan fingerprint density at radius 3 is 2.17 bits per heavy atom. The Morgan fingerprint density at radius 2 is 1.65 bits per heavy atom. The smallest absolute Gasteiger partial charge is 0.146 e. The van der Waals surface area contributed by atoms with Gasteiger partial charge in [-0.15, -0.1) is 15.0 Å². The van der Waals surface area contributed by atoms with E-state index in [1.54, 1.807) is 4.80 Å². The maximum atomic E-state index is 10.7. The first-order valence-corrected chi connectivity index (χ1v) is 8.09. The minimum atomic E-state index is -0.00246. The van der Waals surface area contributed by atoms with Crippen LogP contribution in [0.3, 0.4) is 0 Å². The molecule has 1 heterocycles. The van der Waals surface area contributed by atoms with Gasteiger partial charge < -0.3 is 5.11 Å². The molecule has 2 aromatic carbocycles. The van der Waals surface area contributed by atoms with Crippen LogP contribution in [0.25, 0.3) is 16.7 Å². The van der Waals surface area contributed by atoms with Crippen molar-refractivity contribution in [3.8, 4) is 11.4 Å². The summed E-state index contributed by atoms with van der Waals surface area (Å²) in [5.41, 5.74) is 4.43. The summed E-state index contributed by atoms with van der Waals surface area (Å²) in [6.45, 7) is 8.63. The lowest BCUT2D eigenvalue weighted by Gasteiger charge is -2.22. The fraction of sp³-hybridized carbons (Fsp3) is 0.368. The number of fused-ring (bicyclic) bond motifs is 1. The molecule has 0 spiro atoms. The van der Waals surface area contributed by atoms with Crippen LogP contribution in [0, 0.1) is 0 Å². The van der Waals surface area contributed by atoms with Gasteiger partial charge in [0, 0.05) is 0 Å². The molecule has 4 nitrogen and oxygen atoms in total. The van der Waals surface area contributed by atoms with Crippen LogP contribution in [0.1, 0.15) is 45.2 Å². The number of hydrogen-bond donors (Lipinski definition) is 1. The van der Waals surface area contributed by atoms with Crippen molar-refractivity contribution in [2.75, 3.05) is 0 Å². The Kier molecular flexibility index (Phi) is 3.84. The molecule has 3 rings (SSSR count). The summed E-state index contributed by atoms with van der Waals surface area (Å²) in [5, 5.41) is 19.7. The van der Waals surface area contributed by atoms with Gasteiger partial charge in [0.1, 0.15) is 22.5 Å². The van der Waals surface area contributed by atoms with E-state index in [2.05, 4.69) is 44.0 Å². The van der Waals surface area contributed by atoms with Crippen molar-refractivity contribution in [3.63, 3.8) is 0 Å². The number of benzene rings is 2. The van der Waals surface area contributed by atoms with Crippen LogP contribution < -0.4 is 0 Å². The summed E-state index contributed by atoms with van der Waals surface area (Å²) >= 11 is 0. The lowest BCUT2D eigenvalue weighted by molar-refractivity contribution is 0.458. The van der Waals surface area contributed by atoms with Crippen molar-refractivity contribution in [1.29, 1.82) is 0 Å². The molecule has 0 radical (unpaired) electrons. The minimum absolute atomic E-state index is 0.00246. The number of hydrogen-bond acceptors (Lipinski definition) is 3. The van der Waals surface area contributed by atoms with Crippen LogP contribution in [-0.4, -0.2) is 20.1 Å². The van der Waals surface area contributed by atoms with Gasteiger partial charge in [-0.3, -0.25) is 0 Å². The third-order valence-electron chi connectivity index (χ3n) is 4.06. The molecule has 0 saturated carbocycles. The Labute approximate surface area is 136 Å². The van der Waals surface area contributed by atoms with Crippen molar-refractivity contribution >= 4 is 11.0 Å². The molecule has 23 heavy (non-hydrogen) atoms. The Bertz CT molecular complexity index is 810. The highest BCUT2D eigenvalue weighted by Gasteiger charge is 2.20. The maximum absolute atomic E-state index is 10.7. The van der Waals surface area contributed by atoms with E-state index in [0.717, 1.165) is 29.4 Å². The minimum Gasteiger partial charge on any atom is -0.505 e. The van der Waals surface area contributed by atoms with Crippen LogP contribution in [0.2, 0.25) is 0 Å². The summed E-state index contributed by atoms with van der Waals surface area (Å²) < 4.78 is 0. The lowest BCUT2D eigenvalue weighted by atomic mass is 9.85. The van der Waals surface area contributed by atoms with Crippen LogP contribution in [0.4, 0.5) is 0 Å². The molecule has 0 atom stereocenters. The van der Waals surface area contributed by atoms with Crippen LogP contribution in [0.15, 0.2) is 36.4 Å². The molecule has 0 unspecified atom stereocenters. The van der Waals surface area contributed by atoms with E-state index in [1.807, 2.05) is 30.3 Å². The average molecular weight is 309 g/mol. The van der Waals surface area contributed by atoms with Gasteiger partial charge in [-0.1, -0.05) is 52.3 Å². The van der Waals surface area contributed by atoms with Gasteiger partial charge in [0.25, 0.3) is 0 Å². The van der Waals surface area contributed by atoms with Gasteiger partial charge >= 0.3 is 0 Å². The van der Waals surface area contributed by atoms with E-state index in [1.165, 1.54) is 5.56 Å². The third-order valence-corrected chi connectivity index (χ3v) is 4.06. The second-order valence-corrected chi connectivity index (χ2v) is 6.98. The monoisotopic (exact) mass is 309 g/mol. The van der Waals surface area contributed by atoms with E-state index in [0.29, 0.717) is 5.69 Å². The van der Waals surface area contributed by atoms with Gasteiger partial charge in [-0.05, 0) is 41.2 Å². The zero-order valence-corrected chi connectivity index (χ0v) is 14.2.